The summed E-state index contributed by atoms with van der Waals surface area (Å²) in [5.74, 6) is 2.17. The first kappa shape index (κ1) is 14.0. The van der Waals surface area contributed by atoms with E-state index in [0.29, 0.717) is 11.8 Å². The Balaban J connectivity index is 2.33. The van der Waals surface area contributed by atoms with Gasteiger partial charge in [0.25, 0.3) is 0 Å². The van der Waals surface area contributed by atoms with Crippen LogP contribution >= 0.6 is 0 Å². The molecule has 0 radical (unpaired) electrons. The maximum Gasteiger partial charge on any atom is 0.00928 e. The zero-order valence-corrected chi connectivity index (χ0v) is 11.3. The lowest BCUT2D eigenvalue weighted by molar-refractivity contribution is 0.301. The molecule has 96 valence electrons. The van der Waals surface area contributed by atoms with Crippen molar-refractivity contribution in [2.75, 3.05) is 13.1 Å². The zero-order chi connectivity index (χ0) is 12.0. The molecule has 0 amide bonds. The van der Waals surface area contributed by atoms with Crippen LogP contribution in [-0.4, -0.2) is 19.1 Å². The Kier molecular flexibility index (Phi) is 6.37. The Bertz CT molecular complexity index is 180. The summed E-state index contributed by atoms with van der Waals surface area (Å²) in [6.07, 6.45) is 7.00. The summed E-state index contributed by atoms with van der Waals surface area (Å²) in [5, 5.41) is 3.76. The highest BCUT2D eigenvalue weighted by Crippen LogP contribution is 2.23. The molecule has 1 saturated carbocycles. The van der Waals surface area contributed by atoms with Gasteiger partial charge < -0.3 is 11.1 Å². The molecule has 0 aliphatic heterocycles. The fourth-order valence-electron chi connectivity index (χ4n) is 2.69. The van der Waals surface area contributed by atoms with Gasteiger partial charge in [-0.25, -0.2) is 0 Å². The van der Waals surface area contributed by atoms with Crippen molar-refractivity contribution in [2.24, 2.45) is 23.5 Å². The van der Waals surface area contributed by atoms with Crippen molar-refractivity contribution < 1.29 is 0 Å². The Morgan fingerprint density at radius 2 is 1.88 bits per heavy atom. The van der Waals surface area contributed by atoms with Crippen LogP contribution in [0.25, 0.3) is 0 Å². The Labute approximate surface area is 101 Å². The highest BCUT2D eigenvalue weighted by Gasteiger charge is 2.21. The van der Waals surface area contributed by atoms with E-state index in [1.54, 1.807) is 0 Å². The van der Waals surface area contributed by atoms with Crippen molar-refractivity contribution in [2.45, 2.75) is 58.9 Å². The van der Waals surface area contributed by atoms with Crippen LogP contribution in [0, 0.1) is 17.8 Å². The molecule has 1 rings (SSSR count). The normalized spacial score (nSPS) is 29.1. The Morgan fingerprint density at radius 3 is 2.50 bits per heavy atom. The van der Waals surface area contributed by atoms with Gasteiger partial charge in [-0.15, -0.1) is 0 Å². The van der Waals surface area contributed by atoms with E-state index >= 15 is 0 Å². The monoisotopic (exact) mass is 226 g/mol. The van der Waals surface area contributed by atoms with Gasteiger partial charge in [0.2, 0.25) is 0 Å². The first-order valence-corrected chi connectivity index (χ1v) is 7.08. The first-order valence-electron chi connectivity index (χ1n) is 7.08. The van der Waals surface area contributed by atoms with Gasteiger partial charge >= 0.3 is 0 Å². The Morgan fingerprint density at radius 1 is 1.19 bits per heavy atom. The SMILES string of the molecule is CC(C)C(CN)CNC1CCCCCC1C. The molecular weight excluding hydrogens is 196 g/mol. The summed E-state index contributed by atoms with van der Waals surface area (Å²) >= 11 is 0. The lowest BCUT2D eigenvalue weighted by atomic mass is 9.93. The van der Waals surface area contributed by atoms with Crippen molar-refractivity contribution in [1.82, 2.24) is 5.32 Å². The molecule has 1 aliphatic carbocycles. The molecule has 0 aromatic rings. The van der Waals surface area contributed by atoms with E-state index in [4.69, 9.17) is 5.73 Å². The van der Waals surface area contributed by atoms with Crippen LogP contribution < -0.4 is 11.1 Å². The van der Waals surface area contributed by atoms with Crippen LogP contribution in [0.4, 0.5) is 0 Å². The quantitative estimate of drug-likeness (QED) is 0.707. The molecule has 0 saturated heterocycles. The first-order chi connectivity index (χ1) is 7.65. The van der Waals surface area contributed by atoms with E-state index in [1.165, 1.54) is 32.1 Å². The van der Waals surface area contributed by atoms with E-state index in [9.17, 15) is 0 Å². The second kappa shape index (κ2) is 7.29. The van der Waals surface area contributed by atoms with Gasteiger partial charge in [0.1, 0.15) is 0 Å². The molecule has 0 spiro atoms. The maximum absolute atomic E-state index is 5.81. The standard InChI is InChI=1S/C14H30N2/c1-11(2)13(9-15)10-16-14-8-6-4-5-7-12(14)3/h11-14,16H,4-10,15H2,1-3H3. The largest absolute Gasteiger partial charge is 0.330 e. The second-order valence-electron chi connectivity index (χ2n) is 5.87. The molecule has 0 bridgehead atoms. The number of hydrogen-bond donors (Lipinski definition) is 2. The fourth-order valence-corrected chi connectivity index (χ4v) is 2.69. The summed E-state index contributed by atoms with van der Waals surface area (Å²) < 4.78 is 0. The van der Waals surface area contributed by atoms with Gasteiger partial charge in [0.15, 0.2) is 0 Å². The second-order valence-corrected chi connectivity index (χ2v) is 5.87. The highest BCUT2D eigenvalue weighted by atomic mass is 14.9. The minimum absolute atomic E-state index is 0.635. The van der Waals surface area contributed by atoms with Crippen molar-refractivity contribution >= 4 is 0 Å². The van der Waals surface area contributed by atoms with Crippen LogP contribution in [0.5, 0.6) is 0 Å². The van der Waals surface area contributed by atoms with Gasteiger partial charge in [-0.1, -0.05) is 40.0 Å². The van der Waals surface area contributed by atoms with Crippen LogP contribution in [0.1, 0.15) is 52.9 Å². The molecular formula is C14H30N2. The van der Waals surface area contributed by atoms with Crippen LogP contribution in [-0.2, 0) is 0 Å². The van der Waals surface area contributed by atoms with E-state index in [-0.39, 0.29) is 0 Å². The highest BCUT2D eigenvalue weighted by molar-refractivity contribution is 4.78. The maximum atomic E-state index is 5.81. The topological polar surface area (TPSA) is 38.0 Å². The molecule has 2 heteroatoms. The summed E-state index contributed by atoms with van der Waals surface area (Å²) in [5.41, 5.74) is 5.81. The van der Waals surface area contributed by atoms with E-state index in [1.807, 2.05) is 0 Å². The van der Waals surface area contributed by atoms with Gasteiger partial charge in [0, 0.05) is 6.04 Å². The summed E-state index contributed by atoms with van der Waals surface area (Å²) in [6.45, 7) is 8.86. The molecule has 0 heterocycles. The zero-order valence-electron chi connectivity index (χ0n) is 11.3. The van der Waals surface area contributed by atoms with E-state index in [0.717, 1.165) is 25.0 Å². The summed E-state index contributed by atoms with van der Waals surface area (Å²) in [7, 11) is 0. The Hall–Kier alpha value is -0.0800. The third-order valence-corrected chi connectivity index (χ3v) is 4.25. The van der Waals surface area contributed by atoms with Gasteiger partial charge in [0.05, 0.1) is 0 Å². The average Bonchev–Trinajstić information content (AvgIpc) is 2.44. The lowest BCUT2D eigenvalue weighted by Gasteiger charge is -2.27. The van der Waals surface area contributed by atoms with Crippen molar-refractivity contribution in [3.05, 3.63) is 0 Å². The van der Waals surface area contributed by atoms with Gasteiger partial charge in [-0.05, 0) is 43.7 Å². The molecule has 0 aromatic heterocycles. The minimum atomic E-state index is 0.635. The van der Waals surface area contributed by atoms with Gasteiger partial charge in [-0.3, -0.25) is 0 Å². The molecule has 1 fully saturated rings. The van der Waals surface area contributed by atoms with E-state index in [2.05, 4.69) is 26.1 Å². The minimum Gasteiger partial charge on any atom is -0.330 e. The summed E-state index contributed by atoms with van der Waals surface area (Å²) in [6, 6.07) is 0.732. The number of nitrogens with one attached hydrogen (secondary N) is 1. The molecule has 3 unspecified atom stereocenters. The van der Waals surface area contributed by atoms with Crippen LogP contribution in [0.3, 0.4) is 0 Å². The van der Waals surface area contributed by atoms with Crippen molar-refractivity contribution in [3.8, 4) is 0 Å². The molecule has 16 heavy (non-hydrogen) atoms. The smallest absolute Gasteiger partial charge is 0.00928 e. The molecule has 3 atom stereocenters. The van der Waals surface area contributed by atoms with Crippen LogP contribution in [0.15, 0.2) is 0 Å². The van der Waals surface area contributed by atoms with Gasteiger partial charge in [-0.2, -0.15) is 0 Å². The molecule has 0 aromatic carbocycles. The number of hydrogen-bond acceptors (Lipinski definition) is 2. The van der Waals surface area contributed by atoms with Crippen molar-refractivity contribution in [3.63, 3.8) is 0 Å². The molecule has 2 nitrogen and oxygen atoms in total. The molecule has 3 N–H and O–H groups in total. The summed E-state index contributed by atoms with van der Waals surface area (Å²) in [4.78, 5) is 0. The van der Waals surface area contributed by atoms with Crippen LogP contribution in [0.2, 0.25) is 0 Å². The number of rotatable bonds is 5. The van der Waals surface area contributed by atoms with Crippen molar-refractivity contribution in [1.29, 1.82) is 0 Å². The average molecular weight is 226 g/mol. The third kappa shape index (κ3) is 4.42. The number of nitrogens with two attached hydrogens (primary N) is 1. The fraction of sp³-hybridized carbons (Fsp3) is 1.00. The predicted octanol–water partition coefficient (Wildman–Crippen LogP) is 2.78. The lowest BCUT2D eigenvalue weighted by Crippen LogP contribution is -2.40. The molecule has 1 aliphatic rings. The van der Waals surface area contributed by atoms with E-state index < -0.39 is 0 Å². The predicted molar refractivity (Wildman–Crippen MR) is 71.4 cm³/mol. The third-order valence-electron chi connectivity index (χ3n) is 4.25.